The van der Waals surface area contributed by atoms with E-state index in [0.29, 0.717) is 25.2 Å². The number of rotatable bonds is 9. The van der Waals surface area contributed by atoms with Gasteiger partial charge in [-0.05, 0) is 124 Å². The van der Waals surface area contributed by atoms with Crippen molar-refractivity contribution >= 4 is 17.7 Å². The summed E-state index contributed by atoms with van der Waals surface area (Å²) in [7, 11) is 1.72. The van der Waals surface area contributed by atoms with E-state index >= 15 is 0 Å². The van der Waals surface area contributed by atoms with E-state index in [1.54, 1.807) is 13.3 Å². The predicted molar refractivity (Wildman–Crippen MR) is 171 cm³/mol. The fraction of sp³-hybridized carbons (Fsp3) is 0.556. The Hall–Kier alpha value is -3.68. The Balaban J connectivity index is 1.28. The molecule has 1 amide bonds. The molecule has 2 aromatic heterocycles. The van der Waals surface area contributed by atoms with Crippen molar-refractivity contribution in [1.29, 1.82) is 0 Å². The molecule has 8 nitrogen and oxygen atoms in total. The maximum atomic E-state index is 14.4. The number of amides is 1. The van der Waals surface area contributed by atoms with Crippen LogP contribution in [-0.4, -0.2) is 45.4 Å². The van der Waals surface area contributed by atoms with Crippen LogP contribution in [0.3, 0.4) is 0 Å². The van der Waals surface area contributed by atoms with Gasteiger partial charge in [-0.3, -0.25) is 19.2 Å². The van der Waals surface area contributed by atoms with E-state index in [1.165, 1.54) is 11.1 Å². The van der Waals surface area contributed by atoms with Crippen molar-refractivity contribution in [1.82, 2.24) is 14.8 Å². The molecule has 4 aliphatic carbocycles. The van der Waals surface area contributed by atoms with Gasteiger partial charge < -0.3 is 9.84 Å². The van der Waals surface area contributed by atoms with Crippen LogP contribution in [0.15, 0.2) is 48.9 Å². The molecule has 0 saturated heterocycles. The second-order valence-electron chi connectivity index (χ2n) is 14.0. The minimum absolute atomic E-state index is 0.0278. The molecule has 4 saturated carbocycles. The Bertz CT molecular complexity index is 1500. The maximum Gasteiger partial charge on any atom is 0.306 e. The number of carbonyl (C=O) groups excluding carboxylic acids is 1. The lowest BCUT2D eigenvalue weighted by atomic mass is 9.51. The Morgan fingerprint density at radius 2 is 1.77 bits per heavy atom. The summed E-state index contributed by atoms with van der Waals surface area (Å²) in [5, 5.41) is 14.3. The van der Waals surface area contributed by atoms with E-state index in [1.807, 2.05) is 34.1 Å². The number of methoxy groups -OCH3 is 1. The average molecular weight is 599 g/mol. The van der Waals surface area contributed by atoms with Crippen LogP contribution in [0.5, 0.6) is 5.75 Å². The summed E-state index contributed by atoms with van der Waals surface area (Å²) in [6.07, 6.45) is 14.7. The number of carboxylic acid groups (broad SMARTS) is 1. The molecule has 7 rings (SSSR count). The van der Waals surface area contributed by atoms with E-state index in [2.05, 4.69) is 44.1 Å². The zero-order chi connectivity index (χ0) is 31.1. The van der Waals surface area contributed by atoms with Crippen molar-refractivity contribution in [3.63, 3.8) is 0 Å². The van der Waals surface area contributed by atoms with Gasteiger partial charge in [-0.15, -0.1) is 0 Å². The largest absolute Gasteiger partial charge is 0.496 e. The van der Waals surface area contributed by atoms with Crippen LogP contribution in [-0.2, 0) is 15.0 Å². The second-order valence-corrected chi connectivity index (χ2v) is 14.0. The monoisotopic (exact) mass is 598 g/mol. The molecule has 3 aromatic rings. The summed E-state index contributed by atoms with van der Waals surface area (Å²) < 4.78 is 7.46. The molecule has 0 aliphatic heterocycles. The van der Waals surface area contributed by atoms with Crippen LogP contribution < -0.4 is 9.64 Å². The number of aromatic nitrogens is 3. The molecule has 2 heterocycles. The van der Waals surface area contributed by atoms with Crippen LogP contribution >= 0.6 is 0 Å². The number of anilines is 1. The highest BCUT2D eigenvalue weighted by Gasteiger charge is 2.51. The van der Waals surface area contributed by atoms with Gasteiger partial charge in [0, 0.05) is 36.5 Å². The van der Waals surface area contributed by atoms with E-state index in [4.69, 9.17) is 9.72 Å². The molecule has 8 heteroatoms. The molecular weight excluding hydrogens is 552 g/mol. The van der Waals surface area contributed by atoms with Crippen LogP contribution in [0.25, 0.3) is 11.1 Å². The normalized spacial score (nSPS) is 26.5. The number of aliphatic carboxylic acids is 1. The first-order chi connectivity index (χ1) is 21.1. The van der Waals surface area contributed by atoms with Crippen molar-refractivity contribution in [2.24, 2.45) is 17.3 Å². The van der Waals surface area contributed by atoms with E-state index in [0.717, 1.165) is 68.2 Å². The van der Waals surface area contributed by atoms with Crippen LogP contribution in [0.1, 0.15) is 95.2 Å². The van der Waals surface area contributed by atoms with Gasteiger partial charge in [0.25, 0.3) is 0 Å². The molecular formula is C36H46N4O4. The molecule has 0 radical (unpaired) electrons. The molecule has 4 aliphatic rings. The van der Waals surface area contributed by atoms with Gasteiger partial charge in [0.05, 0.1) is 19.2 Å². The summed E-state index contributed by atoms with van der Waals surface area (Å²) in [4.78, 5) is 33.0. The number of aryl methyl sites for hydroxylation is 1. The van der Waals surface area contributed by atoms with Crippen molar-refractivity contribution in [3.05, 3.63) is 60.0 Å². The molecule has 0 unspecified atom stereocenters. The third-order valence-corrected chi connectivity index (χ3v) is 11.0. The summed E-state index contributed by atoms with van der Waals surface area (Å²) >= 11 is 0. The summed E-state index contributed by atoms with van der Waals surface area (Å²) in [6, 6.07) is 10.9. The summed E-state index contributed by atoms with van der Waals surface area (Å²) in [5.74, 6) is 0.0607. The number of hydrogen-bond donors (Lipinski definition) is 1. The minimum atomic E-state index is -0.792. The Morgan fingerprint density at radius 1 is 1.05 bits per heavy atom. The number of benzene rings is 1. The Kier molecular flexibility index (Phi) is 8.29. The van der Waals surface area contributed by atoms with Gasteiger partial charge in [-0.1, -0.05) is 18.6 Å². The smallest absolute Gasteiger partial charge is 0.306 e. The van der Waals surface area contributed by atoms with E-state index in [-0.39, 0.29) is 28.7 Å². The SMILES string of the molecule is COc1ccc(C23CCC(CN(C(=O)[C@@H]4CCC[C@@H](C(=O)O)C4)c4cc(-c5cnn(C(C)C)c5)ccn4)(CC2)CC3)cc1C. The van der Waals surface area contributed by atoms with Crippen molar-refractivity contribution in [2.45, 2.75) is 96.4 Å². The number of carbonyl (C=O) groups is 2. The fourth-order valence-corrected chi connectivity index (χ4v) is 8.12. The third kappa shape index (κ3) is 5.75. The number of ether oxygens (including phenoxy) is 1. The fourth-order valence-electron chi connectivity index (χ4n) is 8.12. The Morgan fingerprint density at radius 3 is 2.41 bits per heavy atom. The third-order valence-electron chi connectivity index (χ3n) is 11.0. The topological polar surface area (TPSA) is 97.5 Å². The number of carboxylic acids is 1. The van der Waals surface area contributed by atoms with E-state index < -0.39 is 11.9 Å². The lowest BCUT2D eigenvalue weighted by molar-refractivity contribution is -0.143. The van der Waals surface area contributed by atoms with Gasteiger partial charge in [0.1, 0.15) is 11.6 Å². The average Bonchev–Trinajstić information content (AvgIpc) is 3.56. The van der Waals surface area contributed by atoms with Gasteiger partial charge in [-0.25, -0.2) is 4.98 Å². The molecule has 4 fully saturated rings. The van der Waals surface area contributed by atoms with Gasteiger partial charge in [0.15, 0.2) is 0 Å². The second kappa shape index (κ2) is 12.0. The summed E-state index contributed by atoms with van der Waals surface area (Å²) in [6.45, 7) is 6.94. The molecule has 2 bridgehead atoms. The van der Waals surface area contributed by atoms with Crippen molar-refractivity contribution in [3.8, 4) is 16.9 Å². The van der Waals surface area contributed by atoms with Crippen LogP contribution in [0, 0.1) is 24.2 Å². The highest BCUT2D eigenvalue weighted by atomic mass is 16.5. The zero-order valence-electron chi connectivity index (χ0n) is 26.6. The number of hydrogen-bond acceptors (Lipinski definition) is 5. The number of fused-ring (bicyclic) bond motifs is 3. The predicted octanol–water partition coefficient (Wildman–Crippen LogP) is 7.36. The number of nitrogens with zero attached hydrogens (tertiary/aromatic N) is 4. The van der Waals surface area contributed by atoms with Gasteiger partial charge >= 0.3 is 5.97 Å². The van der Waals surface area contributed by atoms with E-state index in [9.17, 15) is 14.7 Å². The van der Waals surface area contributed by atoms with Gasteiger partial charge in [0.2, 0.25) is 5.91 Å². The minimum Gasteiger partial charge on any atom is -0.496 e. The maximum absolute atomic E-state index is 14.4. The highest BCUT2D eigenvalue weighted by molar-refractivity contribution is 5.95. The Labute approximate surface area is 260 Å². The first-order valence-electron chi connectivity index (χ1n) is 16.3. The first kappa shape index (κ1) is 30.4. The molecule has 2 atom stereocenters. The molecule has 1 aromatic carbocycles. The molecule has 0 spiro atoms. The standard InChI is InChI=1S/C36H46N4O4/c1-24(2)40-22-29(21-38-40)26-10-17-37-32(20-26)39(33(41)27-6-5-7-28(19-27)34(42)43)23-35-11-14-36(15-12-35,16-13-35)30-8-9-31(44-4)25(3)18-30/h8-10,17-18,20-22,24,27-28H,5-7,11-16,19,23H2,1-4H3,(H,42,43)/t27-,28-,35?,36?/m1/s1. The van der Waals surface area contributed by atoms with Gasteiger partial charge in [-0.2, -0.15) is 5.10 Å². The molecule has 44 heavy (non-hydrogen) atoms. The summed E-state index contributed by atoms with van der Waals surface area (Å²) in [5.41, 5.74) is 4.77. The molecule has 1 N–H and O–H groups in total. The first-order valence-corrected chi connectivity index (χ1v) is 16.3. The zero-order valence-corrected chi connectivity index (χ0v) is 26.6. The van der Waals surface area contributed by atoms with Crippen molar-refractivity contribution < 1.29 is 19.4 Å². The molecule has 234 valence electrons. The van der Waals surface area contributed by atoms with Crippen molar-refractivity contribution in [2.75, 3.05) is 18.6 Å². The van der Waals surface area contributed by atoms with Crippen LogP contribution in [0.2, 0.25) is 0 Å². The number of pyridine rings is 1. The quantitative estimate of drug-likeness (QED) is 0.276. The van der Waals surface area contributed by atoms with Crippen LogP contribution in [0.4, 0.5) is 5.82 Å². The highest BCUT2D eigenvalue weighted by Crippen LogP contribution is 2.58. The lowest BCUT2D eigenvalue weighted by Crippen LogP contribution is -2.52. The lowest BCUT2D eigenvalue weighted by Gasteiger charge is -2.55.